The first-order valence-corrected chi connectivity index (χ1v) is 9.31. The Labute approximate surface area is 142 Å². The molecular formula is C17H26N4OS. The molecule has 1 unspecified atom stereocenters. The van der Waals surface area contributed by atoms with Crippen molar-refractivity contribution in [2.45, 2.75) is 46.7 Å². The average molecular weight is 334 g/mol. The Kier molecular flexibility index (Phi) is 5.46. The van der Waals surface area contributed by atoms with Crippen molar-refractivity contribution in [2.24, 2.45) is 5.92 Å². The summed E-state index contributed by atoms with van der Waals surface area (Å²) in [6, 6.07) is 0. The van der Waals surface area contributed by atoms with Gasteiger partial charge in [0.1, 0.15) is 5.76 Å². The van der Waals surface area contributed by atoms with Gasteiger partial charge in [0.2, 0.25) is 0 Å². The van der Waals surface area contributed by atoms with Crippen LogP contribution in [-0.2, 0) is 19.5 Å². The van der Waals surface area contributed by atoms with Gasteiger partial charge in [0.15, 0.2) is 0 Å². The van der Waals surface area contributed by atoms with E-state index in [1.165, 1.54) is 16.9 Å². The Hall–Kier alpha value is -1.24. The number of hydrogen-bond donors (Lipinski definition) is 1. The predicted molar refractivity (Wildman–Crippen MR) is 92.6 cm³/mol. The molecule has 0 bridgehead atoms. The second-order valence-electron chi connectivity index (χ2n) is 6.41. The molecule has 0 aromatic carbocycles. The molecule has 23 heavy (non-hydrogen) atoms. The molecule has 0 radical (unpaired) electrons. The van der Waals surface area contributed by atoms with Gasteiger partial charge in [-0.2, -0.15) is 0 Å². The fourth-order valence-electron chi connectivity index (χ4n) is 3.24. The lowest BCUT2D eigenvalue weighted by atomic mass is 10.1. The zero-order valence-electron chi connectivity index (χ0n) is 14.3. The first kappa shape index (κ1) is 16.6. The van der Waals surface area contributed by atoms with Crippen molar-refractivity contribution in [3.05, 3.63) is 33.1 Å². The molecule has 3 heterocycles. The highest BCUT2D eigenvalue weighted by atomic mass is 32.1. The topological polar surface area (TPSA) is 54.2 Å². The summed E-state index contributed by atoms with van der Waals surface area (Å²) in [5, 5.41) is 7.68. The van der Waals surface area contributed by atoms with Gasteiger partial charge in [-0.15, -0.1) is 11.3 Å². The van der Waals surface area contributed by atoms with Gasteiger partial charge in [-0.05, 0) is 45.7 Å². The Morgan fingerprint density at radius 2 is 2.26 bits per heavy atom. The van der Waals surface area contributed by atoms with Crippen molar-refractivity contribution in [1.82, 2.24) is 20.4 Å². The van der Waals surface area contributed by atoms with E-state index in [1.807, 2.05) is 12.4 Å². The summed E-state index contributed by atoms with van der Waals surface area (Å²) in [6.45, 7) is 11.5. The Balaban J connectivity index is 1.76. The lowest BCUT2D eigenvalue weighted by Crippen LogP contribution is -2.30. The SMILES string of the molecule is CCc1noc(C)c1CN(Cc1scnc1C)CC1CCNC1. The zero-order chi connectivity index (χ0) is 16.2. The van der Waals surface area contributed by atoms with Crippen LogP contribution >= 0.6 is 11.3 Å². The van der Waals surface area contributed by atoms with Crippen LogP contribution in [-0.4, -0.2) is 34.7 Å². The molecule has 2 aromatic rings. The van der Waals surface area contributed by atoms with Gasteiger partial charge in [-0.3, -0.25) is 4.90 Å². The Morgan fingerprint density at radius 1 is 1.39 bits per heavy atom. The van der Waals surface area contributed by atoms with E-state index in [-0.39, 0.29) is 0 Å². The third-order valence-corrected chi connectivity index (χ3v) is 5.59. The summed E-state index contributed by atoms with van der Waals surface area (Å²) in [5.74, 6) is 1.69. The third-order valence-electron chi connectivity index (χ3n) is 4.67. The zero-order valence-corrected chi connectivity index (χ0v) is 15.1. The highest BCUT2D eigenvalue weighted by molar-refractivity contribution is 7.09. The van der Waals surface area contributed by atoms with Gasteiger partial charge < -0.3 is 9.84 Å². The van der Waals surface area contributed by atoms with Gasteiger partial charge >= 0.3 is 0 Å². The molecule has 0 aliphatic carbocycles. The molecule has 1 aliphatic rings. The second kappa shape index (κ2) is 7.55. The van der Waals surface area contributed by atoms with Crippen LogP contribution in [0.5, 0.6) is 0 Å². The highest BCUT2D eigenvalue weighted by Crippen LogP contribution is 2.22. The van der Waals surface area contributed by atoms with Crippen molar-refractivity contribution < 1.29 is 4.52 Å². The second-order valence-corrected chi connectivity index (χ2v) is 7.35. The maximum Gasteiger partial charge on any atom is 0.138 e. The molecule has 1 fully saturated rings. The molecule has 126 valence electrons. The van der Waals surface area contributed by atoms with Crippen LogP contribution in [0.2, 0.25) is 0 Å². The summed E-state index contributed by atoms with van der Waals surface area (Å²) in [6.07, 6.45) is 2.19. The van der Waals surface area contributed by atoms with E-state index in [2.05, 4.69) is 34.2 Å². The molecule has 0 saturated carbocycles. The van der Waals surface area contributed by atoms with Crippen LogP contribution in [0.3, 0.4) is 0 Å². The molecule has 0 spiro atoms. The Morgan fingerprint density at radius 3 is 2.91 bits per heavy atom. The van der Waals surface area contributed by atoms with Gasteiger partial charge in [0.25, 0.3) is 0 Å². The fraction of sp³-hybridized carbons (Fsp3) is 0.647. The highest BCUT2D eigenvalue weighted by Gasteiger charge is 2.22. The van der Waals surface area contributed by atoms with E-state index >= 15 is 0 Å². The third kappa shape index (κ3) is 4.00. The standard InChI is InChI=1S/C17H26N4OS/c1-4-16-15(13(3)22-20-16)9-21(8-14-5-6-18-7-14)10-17-12(2)19-11-23-17/h11,14,18H,4-10H2,1-3H3. The molecule has 3 rings (SSSR count). The lowest BCUT2D eigenvalue weighted by Gasteiger charge is -2.25. The normalized spacial score (nSPS) is 18.2. The minimum absolute atomic E-state index is 0.730. The molecule has 1 aliphatic heterocycles. The maximum absolute atomic E-state index is 5.42. The van der Waals surface area contributed by atoms with Crippen LogP contribution in [0.25, 0.3) is 0 Å². The number of aromatic nitrogens is 2. The van der Waals surface area contributed by atoms with Crippen molar-refractivity contribution in [3.8, 4) is 0 Å². The number of rotatable bonds is 7. The quantitative estimate of drug-likeness (QED) is 0.844. The Bertz CT molecular complexity index is 630. The van der Waals surface area contributed by atoms with Gasteiger partial charge in [-0.1, -0.05) is 12.1 Å². The molecule has 1 atom stereocenters. The number of nitrogens with one attached hydrogen (secondary N) is 1. The number of hydrogen-bond acceptors (Lipinski definition) is 6. The minimum Gasteiger partial charge on any atom is -0.361 e. The largest absolute Gasteiger partial charge is 0.361 e. The van der Waals surface area contributed by atoms with Crippen molar-refractivity contribution in [2.75, 3.05) is 19.6 Å². The lowest BCUT2D eigenvalue weighted by molar-refractivity contribution is 0.220. The van der Waals surface area contributed by atoms with Gasteiger partial charge in [0.05, 0.1) is 16.9 Å². The predicted octanol–water partition coefficient (Wildman–Crippen LogP) is 2.92. The first-order valence-electron chi connectivity index (χ1n) is 8.43. The van der Waals surface area contributed by atoms with Crippen LogP contribution in [0.1, 0.15) is 40.9 Å². The molecule has 5 nitrogen and oxygen atoms in total. The molecular weight excluding hydrogens is 308 g/mol. The fourth-order valence-corrected chi connectivity index (χ4v) is 4.06. The average Bonchev–Trinajstić information content (AvgIpc) is 3.25. The maximum atomic E-state index is 5.42. The van der Waals surface area contributed by atoms with E-state index in [9.17, 15) is 0 Å². The van der Waals surface area contributed by atoms with Crippen LogP contribution < -0.4 is 5.32 Å². The summed E-state index contributed by atoms with van der Waals surface area (Å²) >= 11 is 1.76. The van der Waals surface area contributed by atoms with E-state index in [1.54, 1.807) is 11.3 Å². The van der Waals surface area contributed by atoms with E-state index in [4.69, 9.17) is 4.52 Å². The van der Waals surface area contributed by atoms with Crippen molar-refractivity contribution >= 4 is 11.3 Å². The summed E-state index contributed by atoms with van der Waals surface area (Å²) in [5.41, 5.74) is 5.46. The number of thiazole rings is 1. The smallest absolute Gasteiger partial charge is 0.138 e. The van der Waals surface area contributed by atoms with Crippen LogP contribution in [0.15, 0.2) is 10.0 Å². The van der Waals surface area contributed by atoms with E-state index in [0.717, 1.165) is 62.2 Å². The molecule has 6 heteroatoms. The summed E-state index contributed by atoms with van der Waals surface area (Å²) in [7, 11) is 0. The molecule has 0 amide bonds. The number of nitrogens with zero attached hydrogens (tertiary/aromatic N) is 3. The molecule has 1 N–H and O–H groups in total. The summed E-state index contributed by atoms with van der Waals surface area (Å²) < 4.78 is 5.42. The van der Waals surface area contributed by atoms with E-state index < -0.39 is 0 Å². The van der Waals surface area contributed by atoms with Crippen LogP contribution in [0, 0.1) is 19.8 Å². The molecule has 2 aromatic heterocycles. The van der Waals surface area contributed by atoms with E-state index in [0.29, 0.717) is 0 Å². The first-order chi connectivity index (χ1) is 11.2. The minimum atomic E-state index is 0.730. The van der Waals surface area contributed by atoms with Crippen molar-refractivity contribution in [3.63, 3.8) is 0 Å². The monoisotopic (exact) mass is 334 g/mol. The van der Waals surface area contributed by atoms with Crippen LogP contribution in [0.4, 0.5) is 0 Å². The number of aryl methyl sites for hydroxylation is 3. The molecule has 1 saturated heterocycles. The van der Waals surface area contributed by atoms with Gasteiger partial charge in [-0.25, -0.2) is 4.98 Å². The van der Waals surface area contributed by atoms with Gasteiger partial charge in [0, 0.05) is 30.1 Å². The summed E-state index contributed by atoms with van der Waals surface area (Å²) in [4.78, 5) is 8.30. The van der Waals surface area contributed by atoms with Crippen molar-refractivity contribution in [1.29, 1.82) is 0 Å².